The van der Waals surface area contributed by atoms with E-state index in [2.05, 4.69) is 11.8 Å². The minimum Gasteiger partial charge on any atom is -0.492 e. The van der Waals surface area contributed by atoms with Crippen molar-refractivity contribution in [3.05, 3.63) is 24.3 Å². The zero-order chi connectivity index (χ0) is 14.8. The summed E-state index contributed by atoms with van der Waals surface area (Å²) in [5, 5.41) is 18.2. The van der Waals surface area contributed by atoms with Crippen molar-refractivity contribution in [2.24, 2.45) is 0 Å². The second-order valence-corrected chi connectivity index (χ2v) is 4.43. The summed E-state index contributed by atoms with van der Waals surface area (Å²) in [6.07, 6.45) is 0. The summed E-state index contributed by atoms with van der Waals surface area (Å²) in [6.45, 7) is 8.78. The van der Waals surface area contributed by atoms with Crippen LogP contribution in [-0.4, -0.2) is 61.5 Å². The molecule has 0 bridgehead atoms. The standard InChI is InChI=1S/C14H24BNO4/c1-3-16(8-10-19-4-2)9-11-20-14-7-5-6-13(12-14)15(17)18/h5-7,12,17-18H,3-4,8-11H2,1-2H3. The molecule has 0 spiro atoms. The second-order valence-electron chi connectivity index (χ2n) is 4.43. The third-order valence-corrected chi connectivity index (χ3v) is 3.04. The van der Waals surface area contributed by atoms with Crippen molar-refractivity contribution in [1.29, 1.82) is 0 Å². The number of rotatable bonds is 10. The highest BCUT2D eigenvalue weighted by molar-refractivity contribution is 6.58. The smallest absolute Gasteiger partial charge is 0.488 e. The highest BCUT2D eigenvalue weighted by Crippen LogP contribution is 2.07. The fourth-order valence-electron chi connectivity index (χ4n) is 1.82. The minimum atomic E-state index is -1.46. The molecule has 1 aromatic carbocycles. The van der Waals surface area contributed by atoms with Gasteiger partial charge in [-0.15, -0.1) is 0 Å². The fourth-order valence-corrected chi connectivity index (χ4v) is 1.82. The Morgan fingerprint density at radius 2 is 1.90 bits per heavy atom. The molecule has 0 fully saturated rings. The number of ether oxygens (including phenoxy) is 2. The molecule has 20 heavy (non-hydrogen) atoms. The molecule has 0 heterocycles. The first kappa shape index (κ1) is 17.0. The van der Waals surface area contributed by atoms with E-state index in [0.29, 0.717) is 17.8 Å². The van der Waals surface area contributed by atoms with Crippen LogP contribution in [0.1, 0.15) is 13.8 Å². The second kappa shape index (κ2) is 9.77. The van der Waals surface area contributed by atoms with Crippen molar-refractivity contribution in [1.82, 2.24) is 4.90 Å². The van der Waals surface area contributed by atoms with Crippen LogP contribution in [0.2, 0.25) is 0 Å². The van der Waals surface area contributed by atoms with Crippen molar-refractivity contribution in [2.75, 3.05) is 39.5 Å². The fraction of sp³-hybridized carbons (Fsp3) is 0.571. The van der Waals surface area contributed by atoms with E-state index in [-0.39, 0.29) is 0 Å². The molecule has 0 amide bonds. The molecule has 112 valence electrons. The highest BCUT2D eigenvalue weighted by Gasteiger charge is 2.11. The van der Waals surface area contributed by atoms with Crippen molar-refractivity contribution >= 4 is 12.6 Å². The molecule has 0 aliphatic heterocycles. The van der Waals surface area contributed by atoms with Gasteiger partial charge in [0.25, 0.3) is 0 Å². The first-order valence-electron chi connectivity index (χ1n) is 7.06. The minimum absolute atomic E-state index is 0.436. The number of likely N-dealkylation sites (N-methyl/N-ethyl adjacent to an activating group) is 1. The zero-order valence-corrected chi connectivity index (χ0v) is 12.3. The molecule has 0 saturated carbocycles. The van der Waals surface area contributed by atoms with E-state index in [1.54, 1.807) is 18.2 Å². The Hall–Kier alpha value is -1.08. The molecule has 0 aliphatic carbocycles. The lowest BCUT2D eigenvalue weighted by Gasteiger charge is -2.20. The predicted molar refractivity (Wildman–Crippen MR) is 80.4 cm³/mol. The van der Waals surface area contributed by atoms with Crippen LogP contribution in [0.4, 0.5) is 0 Å². The van der Waals surface area contributed by atoms with E-state index in [9.17, 15) is 0 Å². The van der Waals surface area contributed by atoms with Crippen LogP contribution in [0, 0.1) is 0 Å². The molecule has 1 rings (SSSR count). The van der Waals surface area contributed by atoms with Crippen LogP contribution in [0.15, 0.2) is 24.3 Å². The van der Waals surface area contributed by atoms with Gasteiger partial charge in [-0.1, -0.05) is 19.1 Å². The number of hydrogen-bond acceptors (Lipinski definition) is 5. The Kier molecular flexibility index (Phi) is 8.29. The van der Waals surface area contributed by atoms with Gasteiger partial charge in [-0.2, -0.15) is 0 Å². The molecule has 0 unspecified atom stereocenters. The van der Waals surface area contributed by atoms with Gasteiger partial charge in [0.1, 0.15) is 12.4 Å². The molecule has 1 aromatic rings. The molecule has 0 saturated heterocycles. The summed E-state index contributed by atoms with van der Waals surface area (Å²) in [5.41, 5.74) is 0.436. The summed E-state index contributed by atoms with van der Waals surface area (Å²) < 4.78 is 11.0. The van der Waals surface area contributed by atoms with E-state index in [0.717, 1.165) is 32.8 Å². The maximum atomic E-state index is 9.10. The van der Waals surface area contributed by atoms with Crippen LogP contribution >= 0.6 is 0 Å². The van der Waals surface area contributed by atoms with Crippen molar-refractivity contribution in [3.8, 4) is 5.75 Å². The third kappa shape index (κ3) is 6.39. The predicted octanol–water partition coefficient (Wildman–Crippen LogP) is 0.104. The molecule has 2 N–H and O–H groups in total. The molecule has 0 radical (unpaired) electrons. The Morgan fingerprint density at radius 1 is 1.15 bits per heavy atom. The van der Waals surface area contributed by atoms with Crippen LogP contribution in [0.5, 0.6) is 5.75 Å². The summed E-state index contributed by atoms with van der Waals surface area (Å²) in [4.78, 5) is 2.25. The highest BCUT2D eigenvalue weighted by atomic mass is 16.5. The molecule has 6 heteroatoms. The van der Waals surface area contributed by atoms with Gasteiger partial charge in [0, 0.05) is 19.7 Å². The number of hydrogen-bond donors (Lipinski definition) is 2. The molecule has 5 nitrogen and oxygen atoms in total. The maximum absolute atomic E-state index is 9.10. The van der Waals surface area contributed by atoms with Gasteiger partial charge >= 0.3 is 7.12 Å². The van der Waals surface area contributed by atoms with Crippen LogP contribution in [0.25, 0.3) is 0 Å². The van der Waals surface area contributed by atoms with E-state index < -0.39 is 7.12 Å². The van der Waals surface area contributed by atoms with E-state index in [4.69, 9.17) is 19.5 Å². The molecule has 0 atom stereocenters. The van der Waals surface area contributed by atoms with Gasteiger partial charge in [0.05, 0.1) is 6.61 Å². The van der Waals surface area contributed by atoms with Gasteiger partial charge in [-0.25, -0.2) is 0 Å². The lowest BCUT2D eigenvalue weighted by molar-refractivity contribution is 0.108. The first-order valence-corrected chi connectivity index (χ1v) is 7.06. The van der Waals surface area contributed by atoms with Crippen LogP contribution in [-0.2, 0) is 4.74 Å². The molecular formula is C14H24BNO4. The van der Waals surface area contributed by atoms with Gasteiger partial charge in [-0.3, -0.25) is 4.90 Å². The first-order chi connectivity index (χ1) is 9.67. The lowest BCUT2D eigenvalue weighted by Crippen LogP contribution is -2.32. The van der Waals surface area contributed by atoms with E-state index in [1.807, 2.05) is 13.0 Å². The van der Waals surface area contributed by atoms with Crippen LogP contribution in [0.3, 0.4) is 0 Å². The Labute approximate surface area is 121 Å². The molecular weight excluding hydrogens is 257 g/mol. The van der Waals surface area contributed by atoms with Gasteiger partial charge in [-0.05, 0) is 31.1 Å². The van der Waals surface area contributed by atoms with Gasteiger partial charge in [0.15, 0.2) is 0 Å². The van der Waals surface area contributed by atoms with E-state index >= 15 is 0 Å². The number of benzene rings is 1. The lowest BCUT2D eigenvalue weighted by atomic mass is 9.80. The Balaban J connectivity index is 2.33. The summed E-state index contributed by atoms with van der Waals surface area (Å²) in [6, 6.07) is 6.85. The van der Waals surface area contributed by atoms with Gasteiger partial charge in [0.2, 0.25) is 0 Å². The van der Waals surface area contributed by atoms with Crippen molar-refractivity contribution in [2.45, 2.75) is 13.8 Å². The zero-order valence-electron chi connectivity index (χ0n) is 12.3. The van der Waals surface area contributed by atoms with Gasteiger partial charge < -0.3 is 19.5 Å². The molecule has 0 aliphatic rings. The van der Waals surface area contributed by atoms with Crippen molar-refractivity contribution < 1.29 is 19.5 Å². The average Bonchev–Trinajstić information content (AvgIpc) is 2.46. The third-order valence-electron chi connectivity index (χ3n) is 3.04. The largest absolute Gasteiger partial charge is 0.492 e. The van der Waals surface area contributed by atoms with Crippen molar-refractivity contribution in [3.63, 3.8) is 0 Å². The summed E-state index contributed by atoms with van der Waals surface area (Å²) in [5.74, 6) is 0.650. The normalized spacial score (nSPS) is 10.8. The SMILES string of the molecule is CCOCCN(CC)CCOc1cccc(B(O)O)c1. The maximum Gasteiger partial charge on any atom is 0.488 e. The quantitative estimate of drug-likeness (QED) is 0.470. The molecule has 0 aromatic heterocycles. The summed E-state index contributed by atoms with van der Waals surface area (Å²) >= 11 is 0. The van der Waals surface area contributed by atoms with Crippen LogP contribution < -0.4 is 10.2 Å². The average molecular weight is 281 g/mol. The number of nitrogens with zero attached hydrogens (tertiary/aromatic N) is 1. The monoisotopic (exact) mass is 281 g/mol. The Bertz CT molecular complexity index is 376. The van der Waals surface area contributed by atoms with E-state index in [1.165, 1.54) is 0 Å². The summed E-state index contributed by atoms with van der Waals surface area (Å²) in [7, 11) is -1.46. The Morgan fingerprint density at radius 3 is 2.55 bits per heavy atom. The topological polar surface area (TPSA) is 62.2 Å².